The van der Waals surface area contributed by atoms with Crippen molar-refractivity contribution < 1.29 is 19.1 Å². The summed E-state index contributed by atoms with van der Waals surface area (Å²) in [5.74, 6) is -0.0603. The quantitative estimate of drug-likeness (QED) is 0.741. The molecular formula is C12H17NO4. The molecule has 0 spiro atoms. The van der Waals surface area contributed by atoms with Crippen LogP contribution in [-0.2, 0) is 11.2 Å². The smallest absolute Gasteiger partial charge is 0.303 e. The summed E-state index contributed by atoms with van der Waals surface area (Å²) in [6, 6.07) is 1.70. The summed E-state index contributed by atoms with van der Waals surface area (Å²) in [5, 5.41) is 11.1. The maximum absolute atomic E-state index is 11.6. The van der Waals surface area contributed by atoms with Crippen LogP contribution in [0.3, 0.4) is 0 Å². The number of aryl methyl sites for hydroxylation is 2. The molecule has 0 radical (unpaired) electrons. The minimum atomic E-state index is -0.860. The van der Waals surface area contributed by atoms with Gasteiger partial charge >= 0.3 is 5.97 Å². The Morgan fingerprint density at radius 1 is 1.47 bits per heavy atom. The average molecular weight is 239 g/mol. The average Bonchev–Trinajstić information content (AvgIpc) is 2.65. The fourth-order valence-corrected chi connectivity index (χ4v) is 1.51. The highest BCUT2D eigenvalue weighted by molar-refractivity contribution is 5.91. The first-order valence-electron chi connectivity index (χ1n) is 5.64. The van der Waals surface area contributed by atoms with E-state index in [4.69, 9.17) is 9.52 Å². The molecule has 0 saturated carbocycles. The number of furan rings is 1. The van der Waals surface area contributed by atoms with Crippen molar-refractivity contribution in [3.05, 3.63) is 23.2 Å². The minimum Gasteiger partial charge on any atom is -0.481 e. The van der Waals surface area contributed by atoms with Gasteiger partial charge in [-0.05, 0) is 25.0 Å². The maximum Gasteiger partial charge on any atom is 0.303 e. The zero-order valence-electron chi connectivity index (χ0n) is 10.1. The second-order valence-corrected chi connectivity index (χ2v) is 3.82. The molecule has 5 heteroatoms. The predicted octanol–water partition coefficient (Wildman–Crippen LogP) is 1.75. The minimum absolute atomic E-state index is 0.0532. The summed E-state index contributed by atoms with van der Waals surface area (Å²) in [7, 11) is 0. The van der Waals surface area contributed by atoms with Crippen LogP contribution < -0.4 is 5.32 Å². The summed E-state index contributed by atoms with van der Waals surface area (Å²) in [6.45, 7) is 4.19. The van der Waals surface area contributed by atoms with Crippen molar-refractivity contribution in [2.45, 2.75) is 33.1 Å². The van der Waals surface area contributed by atoms with E-state index < -0.39 is 5.97 Å². The largest absolute Gasteiger partial charge is 0.481 e. The Hall–Kier alpha value is -1.78. The van der Waals surface area contributed by atoms with Crippen LogP contribution >= 0.6 is 0 Å². The third-order valence-electron chi connectivity index (χ3n) is 2.42. The van der Waals surface area contributed by atoms with Gasteiger partial charge < -0.3 is 14.8 Å². The zero-order valence-corrected chi connectivity index (χ0v) is 10.1. The molecule has 0 atom stereocenters. The monoisotopic (exact) mass is 239 g/mol. The highest BCUT2D eigenvalue weighted by Crippen LogP contribution is 2.14. The number of rotatable bonds is 6. The molecule has 94 valence electrons. The van der Waals surface area contributed by atoms with Crippen molar-refractivity contribution in [2.75, 3.05) is 6.54 Å². The van der Waals surface area contributed by atoms with Gasteiger partial charge in [-0.1, -0.05) is 6.92 Å². The molecule has 0 aliphatic heterocycles. The molecule has 0 saturated heterocycles. The Morgan fingerprint density at radius 3 is 2.71 bits per heavy atom. The van der Waals surface area contributed by atoms with Gasteiger partial charge in [0.25, 0.3) is 5.91 Å². The second kappa shape index (κ2) is 6.08. The Bertz CT molecular complexity index is 409. The predicted molar refractivity (Wildman–Crippen MR) is 62.0 cm³/mol. The molecule has 1 amide bonds. The Kier molecular flexibility index (Phi) is 4.75. The highest BCUT2D eigenvalue weighted by atomic mass is 16.4. The summed E-state index contributed by atoms with van der Waals surface area (Å²) in [5.41, 5.74) is 0.961. The van der Waals surface area contributed by atoms with Gasteiger partial charge in [0.2, 0.25) is 0 Å². The number of carboxylic acids is 1. The van der Waals surface area contributed by atoms with E-state index in [2.05, 4.69) is 5.32 Å². The van der Waals surface area contributed by atoms with E-state index in [1.165, 1.54) is 0 Å². The van der Waals surface area contributed by atoms with Gasteiger partial charge in [-0.2, -0.15) is 0 Å². The molecule has 1 heterocycles. The summed E-state index contributed by atoms with van der Waals surface area (Å²) in [4.78, 5) is 21.9. The van der Waals surface area contributed by atoms with Gasteiger partial charge in [-0.25, -0.2) is 0 Å². The van der Waals surface area contributed by atoms with E-state index in [1.807, 2.05) is 13.8 Å². The van der Waals surface area contributed by atoms with Crippen LogP contribution in [-0.4, -0.2) is 23.5 Å². The lowest BCUT2D eigenvalue weighted by Gasteiger charge is -2.01. The third-order valence-corrected chi connectivity index (χ3v) is 2.42. The van der Waals surface area contributed by atoms with Crippen molar-refractivity contribution in [1.29, 1.82) is 0 Å². The van der Waals surface area contributed by atoms with Crippen LogP contribution in [0.4, 0.5) is 0 Å². The lowest BCUT2D eigenvalue weighted by atomic mass is 10.2. The van der Waals surface area contributed by atoms with Crippen molar-refractivity contribution in [3.8, 4) is 0 Å². The van der Waals surface area contributed by atoms with Gasteiger partial charge in [-0.15, -0.1) is 0 Å². The second-order valence-electron chi connectivity index (χ2n) is 3.82. The number of carboxylic acid groups (broad SMARTS) is 1. The Labute approximate surface area is 99.8 Å². The van der Waals surface area contributed by atoms with Gasteiger partial charge in [0, 0.05) is 19.4 Å². The highest BCUT2D eigenvalue weighted by Gasteiger charge is 2.12. The molecule has 1 aromatic heterocycles. The molecule has 0 bridgehead atoms. The number of carbonyl (C=O) groups is 2. The summed E-state index contributed by atoms with van der Waals surface area (Å²) >= 11 is 0. The fraction of sp³-hybridized carbons (Fsp3) is 0.500. The van der Waals surface area contributed by atoms with Gasteiger partial charge in [0.05, 0.1) is 0 Å². The summed E-state index contributed by atoms with van der Waals surface area (Å²) in [6.07, 6.45) is 1.22. The number of amides is 1. The van der Waals surface area contributed by atoms with Crippen molar-refractivity contribution in [1.82, 2.24) is 5.32 Å². The van der Waals surface area contributed by atoms with Crippen LogP contribution in [0, 0.1) is 6.92 Å². The first kappa shape index (κ1) is 13.3. The standard InChI is InChI=1S/C12H17NO4/c1-3-9-8(2)7-10(17-9)12(16)13-6-4-5-11(14)15/h7H,3-6H2,1-2H3,(H,13,16)(H,14,15). The zero-order chi connectivity index (χ0) is 12.8. The Morgan fingerprint density at radius 2 is 2.18 bits per heavy atom. The van der Waals surface area contributed by atoms with E-state index in [1.54, 1.807) is 6.07 Å². The number of hydrogen-bond donors (Lipinski definition) is 2. The van der Waals surface area contributed by atoms with Crippen LogP contribution in [0.5, 0.6) is 0 Å². The molecular weight excluding hydrogens is 222 g/mol. The lowest BCUT2D eigenvalue weighted by Crippen LogP contribution is -2.24. The molecule has 0 fully saturated rings. The third kappa shape index (κ3) is 3.94. The van der Waals surface area contributed by atoms with Crippen molar-refractivity contribution in [2.24, 2.45) is 0 Å². The van der Waals surface area contributed by atoms with E-state index >= 15 is 0 Å². The normalized spacial score (nSPS) is 10.2. The van der Waals surface area contributed by atoms with Crippen LogP contribution in [0.25, 0.3) is 0 Å². The molecule has 17 heavy (non-hydrogen) atoms. The SMILES string of the molecule is CCc1oc(C(=O)NCCCC(=O)O)cc1C. The molecule has 0 unspecified atom stereocenters. The molecule has 5 nitrogen and oxygen atoms in total. The van der Waals surface area contributed by atoms with Crippen LogP contribution in [0.1, 0.15) is 41.6 Å². The van der Waals surface area contributed by atoms with Gasteiger partial charge in [0.15, 0.2) is 5.76 Å². The first-order chi connectivity index (χ1) is 8.04. The number of nitrogens with one attached hydrogen (secondary N) is 1. The van der Waals surface area contributed by atoms with Crippen LogP contribution in [0.15, 0.2) is 10.5 Å². The fourth-order valence-electron chi connectivity index (χ4n) is 1.51. The number of aliphatic carboxylic acids is 1. The van der Waals surface area contributed by atoms with Gasteiger partial charge in [-0.3, -0.25) is 9.59 Å². The number of carbonyl (C=O) groups excluding carboxylic acids is 1. The molecule has 0 aliphatic rings. The van der Waals surface area contributed by atoms with E-state index in [0.29, 0.717) is 13.0 Å². The first-order valence-corrected chi connectivity index (χ1v) is 5.64. The maximum atomic E-state index is 11.6. The van der Waals surface area contributed by atoms with E-state index in [0.717, 1.165) is 17.7 Å². The molecule has 2 N–H and O–H groups in total. The van der Waals surface area contributed by atoms with Gasteiger partial charge in [0.1, 0.15) is 5.76 Å². The topological polar surface area (TPSA) is 79.5 Å². The molecule has 0 aromatic carbocycles. The van der Waals surface area contributed by atoms with E-state index in [-0.39, 0.29) is 18.1 Å². The number of hydrogen-bond acceptors (Lipinski definition) is 3. The molecule has 1 rings (SSSR count). The summed E-state index contributed by atoms with van der Waals surface area (Å²) < 4.78 is 5.38. The van der Waals surface area contributed by atoms with Crippen molar-refractivity contribution in [3.63, 3.8) is 0 Å². The van der Waals surface area contributed by atoms with E-state index in [9.17, 15) is 9.59 Å². The molecule has 0 aliphatic carbocycles. The lowest BCUT2D eigenvalue weighted by molar-refractivity contribution is -0.137. The molecule has 1 aromatic rings. The van der Waals surface area contributed by atoms with Crippen LogP contribution in [0.2, 0.25) is 0 Å². The Balaban J connectivity index is 2.44. The van der Waals surface area contributed by atoms with Crippen molar-refractivity contribution >= 4 is 11.9 Å².